The van der Waals surface area contributed by atoms with Crippen LogP contribution >= 0.6 is 0 Å². The third-order valence-electron chi connectivity index (χ3n) is 2.84. The van der Waals surface area contributed by atoms with Crippen LogP contribution in [0.15, 0.2) is 48.5 Å². The van der Waals surface area contributed by atoms with Gasteiger partial charge < -0.3 is 9.84 Å². The highest BCUT2D eigenvalue weighted by atomic mass is 16.5. The van der Waals surface area contributed by atoms with Crippen LogP contribution in [-0.4, -0.2) is 23.5 Å². The van der Waals surface area contributed by atoms with Crippen LogP contribution in [0.2, 0.25) is 0 Å². The topological polar surface area (TPSA) is 63.6 Å². The summed E-state index contributed by atoms with van der Waals surface area (Å²) in [5.41, 5.74) is 1.70. The summed E-state index contributed by atoms with van der Waals surface area (Å²) in [7, 11) is 0. The number of aromatic carboxylic acids is 1. The molecule has 0 atom stereocenters. The molecule has 1 N–H and O–H groups in total. The van der Waals surface area contributed by atoms with Gasteiger partial charge in [0.1, 0.15) is 5.75 Å². The molecular weight excluding hydrogens is 256 g/mol. The molecule has 20 heavy (non-hydrogen) atoms. The number of benzene rings is 2. The van der Waals surface area contributed by atoms with E-state index in [1.165, 1.54) is 24.3 Å². The Balaban J connectivity index is 1.97. The molecule has 102 valence electrons. The van der Waals surface area contributed by atoms with Gasteiger partial charge in [-0.3, -0.25) is 4.79 Å². The van der Waals surface area contributed by atoms with E-state index in [2.05, 4.69) is 0 Å². The zero-order chi connectivity index (χ0) is 14.5. The quantitative estimate of drug-likeness (QED) is 0.848. The molecule has 0 aliphatic carbocycles. The molecular formula is C16H14O4. The van der Waals surface area contributed by atoms with Crippen LogP contribution in [-0.2, 0) is 0 Å². The Kier molecular flexibility index (Phi) is 4.15. The number of carbonyl (C=O) groups is 2. The number of hydrogen-bond acceptors (Lipinski definition) is 3. The van der Waals surface area contributed by atoms with Crippen LogP contribution in [0.4, 0.5) is 0 Å². The van der Waals surface area contributed by atoms with Gasteiger partial charge in [-0.2, -0.15) is 0 Å². The Labute approximate surface area is 116 Å². The molecule has 4 nitrogen and oxygen atoms in total. The van der Waals surface area contributed by atoms with Gasteiger partial charge in [0.05, 0.1) is 5.56 Å². The van der Waals surface area contributed by atoms with E-state index in [4.69, 9.17) is 9.84 Å². The number of ether oxygens (including phenoxy) is 1. The largest absolute Gasteiger partial charge is 0.485 e. The first-order chi connectivity index (χ1) is 9.56. The van der Waals surface area contributed by atoms with Crippen molar-refractivity contribution >= 4 is 11.8 Å². The van der Waals surface area contributed by atoms with Gasteiger partial charge >= 0.3 is 5.97 Å². The van der Waals surface area contributed by atoms with Crippen LogP contribution < -0.4 is 4.74 Å². The van der Waals surface area contributed by atoms with E-state index in [9.17, 15) is 9.59 Å². The number of rotatable bonds is 5. The lowest BCUT2D eigenvalue weighted by atomic mass is 10.1. The summed E-state index contributed by atoms with van der Waals surface area (Å²) in [4.78, 5) is 22.6. The normalized spacial score (nSPS) is 10.1. The van der Waals surface area contributed by atoms with E-state index in [0.29, 0.717) is 11.3 Å². The van der Waals surface area contributed by atoms with Crippen LogP contribution in [0.25, 0.3) is 0 Å². The highest BCUT2D eigenvalue weighted by Crippen LogP contribution is 2.12. The standard InChI is InChI=1S/C16H14O4/c1-11-2-8-14(9-3-11)20-10-15(17)12-4-6-13(7-5-12)16(18)19/h2-9H,10H2,1H3,(H,18,19). The van der Waals surface area contributed by atoms with E-state index < -0.39 is 5.97 Å². The van der Waals surface area contributed by atoms with Gasteiger partial charge in [0, 0.05) is 5.56 Å². The monoisotopic (exact) mass is 270 g/mol. The minimum atomic E-state index is -1.01. The van der Waals surface area contributed by atoms with E-state index in [1.54, 1.807) is 12.1 Å². The van der Waals surface area contributed by atoms with Gasteiger partial charge in [-0.05, 0) is 31.2 Å². The van der Waals surface area contributed by atoms with Crippen molar-refractivity contribution in [3.8, 4) is 5.75 Å². The fraction of sp³-hybridized carbons (Fsp3) is 0.125. The SMILES string of the molecule is Cc1ccc(OCC(=O)c2ccc(C(=O)O)cc2)cc1. The molecule has 0 spiro atoms. The molecule has 0 aliphatic rings. The fourth-order valence-electron chi connectivity index (χ4n) is 1.67. The minimum absolute atomic E-state index is 0.0739. The van der Waals surface area contributed by atoms with Crippen LogP contribution in [0.5, 0.6) is 5.75 Å². The number of carbonyl (C=O) groups excluding carboxylic acids is 1. The highest BCUT2D eigenvalue weighted by molar-refractivity contribution is 5.98. The Morgan fingerprint density at radius 1 is 0.950 bits per heavy atom. The van der Waals surface area contributed by atoms with E-state index >= 15 is 0 Å². The second-order valence-electron chi connectivity index (χ2n) is 4.41. The van der Waals surface area contributed by atoms with Crippen molar-refractivity contribution < 1.29 is 19.4 Å². The predicted molar refractivity (Wildman–Crippen MR) is 74.4 cm³/mol. The van der Waals surface area contributed by atoms with Gasteiger partial charge in [-0.25, -0.2) is 4.79 Å². The molecule has 0 amide bonds. The number of aryl methyl sites for hydroxylation is 1. The summed E-state index contributed by atoms with van der Waals surface area (Å²) in [6.07, 6.45) is 0. The molecule has 0 bridgehead atoms. The second kappa shape index (κ2) is 6.02. The second-order valence-corrected chi connectivity index (χ2v) is 4.41. The van der Waals surface area contributed by atoms with Gasteiger partial charge in [0.2, 0.25) is 0 Å². The molecule has 0 unspecified atom stereocenters. The number of carboxylic acid groups (broad SMARTS) is 1. The number of carboxylic acids is 1. The third kappa shape index (κ3) is 3.45. The maximum absolute atomic E-state index is 11.9. The van der Waals surface area contributed by atoms with Gasteiger partial charge in [0.25, 0.3) is 0 Å². The molecule has 0 aromatic heterocycles. The summed E-state index contributed by atoms with van der Waals surface area (Å²) in [6.45, 7) is 1.90. The summed E-state index contributed by atoms with van der Waals surface area (Å²) < 4.78 is 5.39. The third-order valence-corrected chi connectivity index (χ3v) is 2.84. The van der Waals surface area contributed by atoms with Crippen LogP contribution in [0.1, 0.15) is 26.3 Å². The maximum Gasteiger partial charge on any atom is 0.335 e. The van der Waals surface area contributed by atoms with Gasteiger partial charge in [-0.15, -0.1) is 0 Å². The summed E-state index contributed by atoms with van der Waals surface area (Å²) >= 11 is 0. The van der Waals surface area contributed by atoms with Crippen molar-refractivity contribution in [3.63, 3.8) is 0 Å². The number of ketones is 1. The Morgan fingerprint density at radius 2 is 1.50 bits per heavy atom. The Hall–Kier alpha value is -2.62. The summed E-state index contributed by atoms with van der Waals surface area (Å²) in [6, 6.07) is 13.2. The lowest BCUT2D eigenvalue weighted by Crippen LogP contribution is -2.11. The molecule has 4 heteroatoms. The molecule has 0 aliphatic heterocycles. The fourth-order valence-corrected chi connectivity index (χ4v) is 1.67. The smallest absolute Gasteiger partial charge is 0.335 e. The number of hydrogen-bond donors (Lipinski definition) is 1. The highest BCUT2D eigenvalue weighted by Gasteiger charge is 2.08. The van der Waals surface area contributed by atoms with E-state index in [1.807, 2.05) is 19.1 Å². The maximum atomic E-state index is 11.9. The summed E-state index contributed by atoms with van der Waals surface area (Å²) in [5.74, 6) is -0.575. The number of Topliss-reactive ketones (excluding diaryl/α,β-unsaturated/α-hetero) is 1. The first-order valence-corrected chi connectivity index (χ1v) is 6.12. The average molecular weight is 270 g/mol. The first-order valence-electron chi connectivity index (χ1n) is 6.12. The minimum Gasteiger partial charge on any atom is -0.485 e. The zero-order valence-electron chi connectivity index (χ0n) is 11.0. The van der Waals surface area contributed by atoms with E-state index in [0.717, 1.165) is 5.56 Å². The first kappa shape index (κ1) is 13.8. The lowest BCUT2D eigenvalue weighted by molar-refractivity contribution is 0.0696. The van der Waals surface area contributed by atoms with E-state index in [-0.39, 0.29) is 18.0 Å². The molecule has 0 radical (unpaired) electrons. The summed E-state index contributed by atoms with van der Waals surface area (Å²) in [5, 5.41) is 8.78. The molecule has 2 rings (SSSR count). The average Bonchev–Trinajstić information content (AvgIpc) is 2.46. The molecule has 2 aromatic carbocycles. The van der Waals surface area contributed by atoms with Crippen molar-refractivity contribution in [1.29, 1.82) is 0 Å². The Morgan fingerprint density at radius 3 is 2.05 bits per heavy atom. The van der Waals surface area contributed by atoms with Crippen molar-refractivity contribution in [3.05, 3.63) is 65.2 Å². The van der Waals surface area contributed by atoms with Crippen molar-refractivity contribution in [1.82, 2.24) is 0 Å². The van der Waals surface area contributed by atoms with Crippen molar-refractivity contribution in [2.24, 2.45) is 0 Å². The molecule has 0 saturated carbocycles. The van der Waals surface area contributed by atoms with Gasteiger partial charge in [0.15, 0.2) is 12.4 Å². The molecule has 0 fully saturated rings. The van der Waals surface area contributed by atoms with Crippen LogP contribution in [0.3, 0.4) is 0 Å². The van der Waals surface area contributed by atoms with Crippen molar-refractivity contribution in [2.75, 3.05) is 6.61 Å². The molecule has 0 heterocycles. The predicted octanol–water partition coefficient (Wildman–Crippen LogP) is 2.95. The lowest BCUT2D eigenvalue weighted by Gasteiger charge is -2.06. The zero-order valence-corrected chi connectivity index (χ0v) is 11.0. The van der Waals surface area contributed by atoms with Crippen LogP contribution in [0, 0.1) is 6.92 Å². The van der Waals surface area contributed by atoms with Gasteiger partial charge in [-0.1, -0.05) is 29.8 Å². The van der Waals surface area contributed by atoms with Crippen molar-refractivity contribution in [2.45, 2.75) is 6.92 Å². The molecule has 0 saturated heterocycles. The Bertz CT molecular complexity index is 612. The molecule has 2 aromatic rings.